The topological polar surface area (TPSA) is 17.1 Å². The van der Waals surface area contributed by atoms with Crippen LogP contribution >= 0.6 is 27.7 Å². The first-order valence-electron chi connectivity index (χ1n) is 5.78. The summed E-state index contributed by atoms with van der Waals surface area (Å²) in [4.78, 5) is 12.9. The number of halogens is 2. The maximum atomic E-state index is 12.7. The monoisotopic (exact) mass is 338 g/mol. The first-order valence-corrected chi connectivity index (χ1v) is 7.56. The molecular weight excluding hydrogens is 327 g/mol. The highest BCUT2D eigenvalue weighted by molar-refractivity contribution is 9.10. The van der Waals surface area contributed by atoms with Gasteiger partial charge in [-0.25, -0.2) is 4.39 Å². The van der Waals surface area contributed by atoms with Crippen molar-refractivity contribution in [2.45, 2.75) is 11.3 Å². The summed E-state index contributed by atoms with van der Waals surface area (Å²) in [6.07, 6.45) is 0.351. The average molecular weight is 339 g/mol. The molecule has 0 radical (unpaired) electrons. The second-order valence-corrected chi connectivity index (χ2v) is 6.05. The Kier molecular flexibility index (Phi) is 5.16. The standard InChI is InChI=1S/C15H12BrFOS/c16-12-3-7-15(8-4-12)19-10-14(18)9-11-1-5-13(17)6-2-11/h1-8H,9-10H2. The van der Waals surface area contributed by atoms with Crippen molar-refractivity contribution < 1.29 is 9.18 Å². The summed E-state index contributed by atoms with van der Waals surface area (Å²) in [5, 5.41) is 0. The van der Waals surface area contributed by atoms with Gasteiger partial charge in [0.2, 0.25) is 0 Å². The van der Waals surface area contributed by atoms with E-state index in [1.807, 2.05) is 24.3 Å². The van der Waals surface area contributed by atoms with E-state index in [0.29, 0.717) is 12.2 Å². The summed E-state index contributed by atoms with van der Waals surface area (Å²) in [5.74, 6) is 0.291. The summed E-state index contributed by atoms with van der Waals surface area (Å²) >= 11 is 4.88. The molecule has 0 N–H and O–H groups in total. The Balaban J connectivity index is 1.84. The van der Waals surface area contributed by atoms with Crippen molar-refractivity contribution in [2.75, 3.05) is 5.75 Å². The normalized spacial score (nSPS) is 10.4. The van der Waals surface area contributed by atoms with Crippen molar-refractivity contribution in [2.24, 2.45) is 0 Å². The quantitative estimate of drug-likeness (QED) is 0.747. The zero-order valence-corrected chi connectivity index (χ0v) is 12.5. The molecule has 0 aliphatic carbocycles. The van der Waals surface area contributed by atoms with Crippen LogP contribution in [0.15, 0.2) is 57.9 Å². The molecular formula is C15H12BrFOS. The molecule has 0 saturated heterocycles. The molecule has 0 atom stereocenters. The predicted octanol–water partition coefficient (Wildman–Crippen LogP) is 4.49. The molecule has 0 spiro atoms. The number of Topliss-reactive ketones (excluding diaryl/α,β-unsaturated/α-hetero) is 1. The van der Waals surface area contributed by atoms with Crippen LogP contribution in [0.4, 0.5) is 4.39 Å². The maximum Gasteiger partial charge on any atom is 0.147 e. The van der Waals surface area contributed by atoms with Crippen LogP contribution in [0.2, 0.25) is 0 Å². The fourth-order valence-electron chi connectivity index (χ4n) is 1.58. The van der Waals surface area contributed by atoms with E-state index in [0.717, 1.165) is 14.9 Å². The van der Waals surface area contributed by atoms with Crippen LogP contribution in [0.25, 0.3) is 0 Å². The lowest BCUT2D eigenvalue weighted by Gasteiger charge is -2.02. The largest absolute Gasteiger partial charge is 0.298 e. The molecule has 2 rings (SSSR count). The third-order valence-corrected chi connectivity index (χ3v) is 4.13. The molecule has 0 heterocycles. The Morgan fingerprint density at radius 3 is 2.32 bits per heavy atom. The van der Waals surface area contributed by atoms with E-state index in [4.69, 9.17) is 0 Å². The lowest BCUT2D eigenvalue weighted by atomic mass is 10.1. The summed E-state index contributed by atoms with van der Waals surface area (Å²) in [6, 6.07) is 13.9. The fourth-order valence-corrected chi connectivity index (χ4v) is 2.60. The Labute approximate surface area is 124 Å². The number of thioether (sulfide) groups is 1. The third kappa shape index (κ3) is 4.80. The number of ketones is 1. The van der Waals surface area contributed by atoms with Gasteiger partial charge in [-0.05, 0) is 42.0 Å². The van der Waals surface area contributed by atoms with Gasteiger partial charge < -0.3 is 0 Å². The number of hydrogen-bond acceptors (Lipinski definition) is 2. The van der Waals surface area contributed by atoms with Crippen molar-refractivity contribution in [3.63, 3.8) is 0 Å². The number of carbonyl (C=O) groups is 1. The minimum Gasteiger partial charge on any atom is -0.298 e. The molecule has 2 aromatic carbocycles. The Hall–Kier alpha value is -1.13. The molecule has 1 nitrogen and oxygen atoms in total. The zero-order chi connectivity index (χ0) is 13.7. The molecule has 0 unspecified atom stereocenters. The van der Waals surface area contributed by atoms with Crippen molar-refractivity contribution >= 4 is 33.5 Å². The van der Waals surface area contributed by atoms with Crippen LogP contribution in [-0.4, -0.2) is 11.5 Å². The SMILES string of the molecule is O=C(CSc1ccc(Br)cc1)Cc1ccc(F)cc1. The molecule has 98 valence electrons. The van der Waals surface area contributed by atoms with Gasteiger partial charge in [0.15, 0.2) is 0 Å². The summed E-state index contributed by atoms with van der Waals surface area (Å²) in [6.45, 7) is 0. The molecule has 2 aromatic rings. The first-order chi connectivity index (χ1) is 9.13. The molecule has 0 bridgehead atoms. The highest BCUT2D eigenvalue weighted by Gasteiger charge is 2.05. The molecule has 0 aliphatic heterocycles. The Morgan fingerprint density at radius 2 is 1.68 bits per heavy atom. The zero-order valence-electron chi connectivity index (χ0n) is 10.1. The van der Waals surface area contributed by atoms with E-state index in [9.17, 15) is 9.18 Å². The minimum absolute atomic E-state index is 0.138. The van der Waals surface area contributed by atoms with Crippen LogP contribution in [0, 0.1) is 5.82 Å². The van der Waals surface area contributed by atoms with Crippen molar-refractivity contribution in [1.82, 2.24) is 0 Å². The van der Waals surface area contributed by atoms with E-state index in [-0.39, 0.29) is 11.6 Å². The van der Waals surface area contributed by atoms with Gasteiger partial charge in [-0.15, -0.1) is 11.8 Å². The van der Waals surface area contributed by atoms with Gasteiger partial charge in [-0.2, -0.15) is 0 Å². The van der Waals surface area contributed by atoms with E-state index >= 15 is 0 Å². The maximum absolute atomic E-state index is 12.7. The van der Waals surface area contributed by atoms with Gasteiger partial charge in [-0.3, -0.25) is 4.79 Å². The average Bonchev–Trinajstić information content (AvgIpc) is 2.41. The van der Waals surface area contributed by atoms with E-state index in [1.54, 1.807) is 12.1 Å². The molecule has 0 fully saturated rings. The van der Waals surface area contributed by atoms with Crippen LogP contribution in [0.5, 0.6) is 0 Å². The number of hydrogen-bond donors (Lipinski definition) is 0. The summed E-state index contributed by atoms with van der Waals surface area (Å²) in [5.41, 5.74) is 0.850. The highest BCUT2D eigenvalue weighted by atomic mass is 79.9. The van der Waals surface area contributed by atoms with E-state index in [2.05, 4.69) is 15.9 Å². The fraction of sp³-hybridized carbons (Fsp3) is 0.133. The second-order valence-electron chi connectivity index (χ2n) is 4.08. The molecule has 0 saturated carbocycles. The number of carbonyl (C=O) groups excluding carboxylic acids is 1. The third-order valence-electron chi connectivity index (χ3n) is 2.53. The first kappa shape index (κ1) is 14.3. The van der Waals surface area contributed by atoms with E-state index < -0.39 is 0 Å². The number of benzene rings is 2. The van der Waals surface area contributed by atoms with Crippen molar-refractivity contribution in [3.05, 3.63) is 64.4 Å². The van der Waals surface area contributed by atoms with Gasteiger partial charge in [0, 0.05) is 15.8 Å². The van der Waals surface area contributed by atoms with Gasteiger partial charge in [0.05, 0.1) is 5.75 Å². The Morgan fingerprint density at radius 1 is 1.05 bits per heavy atom. The highest BCUT2D eigenvalue weighted by Crippen LogP contribution is 2.21. The lowest BCUT2D eigenvalue weighted by Crippen LogP contribution is -2.05. The Bertz CT molecular complexity index is 551. The van der Waals surface area contributed by atoms with Gasteiger partial charge >= 0.3 is 0 Å². The number of rotatable bonds is 5. The van der Waals surface area contributed by atoms with Gasteiger partial charge in [-0.1, -0.05) is 28.1 Å². The summed E-state index contributed by atoms with van der Waals surface area (Å²) in [7, 11) is 0. The smallest absolute Gasteiger partial charge is 0.147 e. The van der Waals surface area contributed by atoms with Crippen LogP contribution in [0.1, 0.15) is 5.56 Å². The summed E-state index contributed by atoms with van der Waals surface area (Å²) < 4.78 is 13.8. The van der Waals surface area contributed by atoms with Crippen molar-refractivity contribution in [1.29, 1.82) is 0 Å². The van der Waals surface area contributed by atoms with Gasteiger partial charge in [0.1, 0.15) is 11.6 Å². The predicted molar refractivity (Wildman–Crippen MR) is 80.0 cm³/mol. The van der Waals surface area contributed by atoms with E-state index in [1.165, 1.54) is 23.9 Å². The lowest BCUT2D eigenvalue weighted by molar-refractivity contribution is -0.116. The molecule has 19 heavy (non-hydrogen) atoms. The van der Waals surface area contributed by atoms with Crippen molar-refractivity contribution in [3.8, 4) is 0 Å². The molecule has 0 amide bonds. The second kappa shape index (κ2) is 6.87. The van der Waals surface area contributed by atoms with Crippen LogP contribution < -0.4 is 0 Å². The molecule has 0 aliphatic rings. The van der Waals surface area contributed by atoms with Crippen LogP contribution in [-0.2, 0) is 11.2 Å². The molecule has 4 heteroatoms. The van der Waals surface area contributed by atoms with Gasteiger partial charge in [0.25, 0.3) is 0 Å². The van der Waals surface area contributed by atoms with Crippen LogP contribution in [0.3, 0.4) is 0 Å². The minimum atomic E-state index is -0.277. The molecule has 0 aromatic heterocycles.